The van der Waals surface area contributed by atoms with E-state index in [0.29, 0.717) is 0 Å². The molecule has 82 valence electrons. The Morgan fingerprint density at radius 2 is 2.12 bits per heavy atom. The second kappa shape index (κ2) is 5.12. The van der Waals surface area contributed by atoms with Crippen molar-refractivity contribution in [2.24, 2.45) is 0 Å². The summed E-state index contributed by atoms with van der Waals surface area (Å²) in [5, 5.41) is 2.05. The van der Waals surface area contributed by atoms with Gasteiger partial charge in [0.1, 0.15) is 6.29 Å². The molecule has 3 heteroatoms. The molecular formula is C13H13NOS. The number of nitrogens with zero attached hydrogens (tertiary/aromatic N) is 1. The van der Waals surface area contributed by atoms with E-state index in [-0.39, 0.29) is 5.25 Å². The van der Waals surface area contributed by atoms with E-state index in [1.807, 2.05) is 43.3 Å². The molecule has 0 N–H and O–H groups in total. The van der Waals surface area contributed by atoms with Gasteiger partial charge in [0.25, 0.3) is 0 Å². The summed E-state index contributed by atoms with van der Waals surface area (Å²) in [4.78, 5) is 15.3. The lowest BCUT2D eigenvalue weighted by molar-refractivity contribution is -0.107. The summed E-state index contributed by atoms with van der Waals surface area (Å²) in [5.74, 6) is 0. The normalized spacial score (nSPS) is 12.6. The van der Waals surface area contributed by atoms with Gasteiger partial charge >= 0.3 is 0 Å². The number of carbonyl (C=O) groups excluding carboxylic acids is 1. The number of aldehydes is 1. The third-order valence-electron chi connectivity index (χ3n) is 2.40. The molecule has 1 unspecified atom stereocenters. The topological polar surface area (TPSA) is 30.0 Å². The summed E-state index contributed by atoms with van der Waals surface area (Å²) in [6.45, 7) is 2.01. The molecule has 0 aliphatic heterocycles. The number of benzene rings is 1. The predicted octanol–water partition coefficient (Wildman–Crippen LogP) is 3.30. The Bertz CT molecular complexity index is 498. The number of carbonyl (C=O) groups is 1. The minimum absolute atomic E-state index is 0.00802. The van der Waals surface area contributed by atoms with Crippen LogP contribution in [-0.4, -0.2) is 16.5 Å². The molecule has 0 spiro atoms. The second-order valence-corrected chi connectivity index (χ2v) is 4.80. The van der Waals surface area contributed by atoms with Gasteiger partial charge in [0.15, 0.2) is 0 Å². The Labute approximate surface area is 99.1 Å². The van der Waals surface area contributed by atoms with Crippen molar-refractivity contribution in [1.82, 2.24) is 4.98 Å². The van der Waals surface area contributed by atoms with Crippen LogP contribution in [-0.2, 0) is 4.79 Å². The van der Waals surface area contributed by atoms with E-state index >= 15 is 0 Å². The first-order chi connectivity index (χ1) is 7.83. The molecule has 0 aliphatic rings. The first kappa shape index (κ1) is 11.1. The van der Waals surface area contributed by atoms with E-state index in [4.69, 9.17) is 0 Å². The van der Waals surface area contributed by atoms with Crippen LogP contribution in [0.2, 0.25) is 0 Å². The molecule has 1 atom stereocenters. The zero-order valence-electron chi connectivity index (χ0n) is 9.09. The third kappa shape index (κ3) is 2.42. The third-order valence-corrected chi connectivity index (χ3v) is 3.62. The van der Waals surface area contributed by atoms with E-state index in [1.165, 1.54) is 11.8 Å². The Morgan fingerprint density at radius 1 is 1.31 bits per heavy atom. The van der Waals surface area contributed by atoms with E-state index < -0.39 is 0 Å². The number of para-hydroxylation sites is 1. The van der Waals surface area contributed by atoms with Crippen LogP contribution in [0, 0.1) is 0 Å². The average Bonchev–Trinajstić information content (AvgIpc) is 2.35. The molecule has 0 radical (unpaired) electrons. The maximum Gasteiger partial charge on any atom is 0.133 e. The van der Waals surface area contributed by atoms with Gasteiger partial charge in [-0.25, -0.2) is 4.98 Å². The Morgan fingerprint density at radius 3 is 2.88 bits per heavy atom. The van der Waals surface area contributed by atoms with E-state index in [2.05, 4.69) is 4.98 Å². The van der Waals surface area contributed by atoms with Gasteiger partial charge in [-0.3, -0.25) is 0 Å². The number of pyridine rings is 1. The molecule has 0 aliphatic carbocycles. The molecule has 2 nitrogen and oxygen atoms in total. The number of aromatic nitrogens is 1. The van der Waals surface area contributed by atoms with Crippen molar-refractivity contribution in [2.75, 3.05) is 0 Å². The molecule has 1 heterocycles. The van der Waals surface area contributed by atoms with Gasteiger partial charge in [-0.15, -0.1) is 0 Å². The molecule has 16 heavy (non-hydrogen) atoms. The highest BCUT2D eigenvalue weighted by molar-refractivity contribution is 8.00. The zero-order valence-corrected chi connectivity index (χ0v) is 9.91. The van der Waals surface area contributed by atoms with Crippen LogP contribution in [0.1, 0.15) is 13.3 Å². The summed E-state index contributed by atoms with van der Waals surface area (Å²) >= 11 is 1.52. The van der Waals surface area contributed by atoms with Gasteiger partial charge in [-0.05, 0) is 18.6 Å². The minimum atomic E-state index is 0.00802. The fourth-order valence-corrected chi connectivity index (χ4v) is 2.31. The molecular weight excluding hydrogens is 218 g/mol. The molecule has 1 aromatic carbocycles. The summed E-state index contributed by atoms with van der Waals surface area (Å²) < 4.78 is 0. The zero-order chi connectivity index (χ0) is 11.4. The molecule has 0 saturated heterocycles. The highest BCUT2D eigenvalue weighted by Crippen LogP contribution is 2.24. The number of thioether (sulfide) groups is 1. The van der Waals surface area contributed by atoms with Crippen LogP contribution in [0.3, 0.4) is 0 Å². The van der Waals surface area contributed by atoms with Gasteiger partial charge in [0.2, 0.25) is 0 Å². The van der Waals surface area contributed by atoms with Crippen LogP contribution in [0.4, 0.5) is 0 Å². The lowest BCUT2D eigenvalue weighted by Crippen LogP contribution is -2.01. The highest BCUT2D eigenvalue weighted by Gasteiger charge is 2.07. The van der Waals surface area contributed by atoms with Gasteiger partial charge < -0.3 is 4.79 Å². The minimum Gasteiger partial charge on any atom is -0.302 e. The molecule has 0 saturated carbocycles. The molecule has 1 aromatic heterocycles. The van der Waals surface area contributed by atoms with E-state index in [0.717, 1.165) is 28.6 Å². The van der Waals surface area contributed by atoms with Crippen LogP contribution in [0.15, 0.2) is 41.4 Å². The van der Waals surface area contributed by atoms with E-state index in [1.54, 1.807) is 0 Å². The second-order valence-electron chi connectivity index (χ2n) is 3.54. The molecule has 0 amide bonds. The first-order valence-electron chi connectivity index (χ1n) is 5.31. The smallest absolute Gasteiger partial charge is 0.133 e. The SMILES string of the molecule is CCC(C=O)Sc1ccc2ccccc2n1. The van der Waals surface area contributed by atoms with Crippen molar-refractivity contribution < 1.29 is 4.79 Å². The largest absolute Gasteiger partial charge is 0.302 e. The predicted molar refractivity (Wildman–Crippen MR) is 67.7 cm³/mol. The number of hydrogen-bond donors (Lipinski definition) is 0. The van der Waals surface area contributed by atoms with Gasteiger partial charge in [0, 0.05) is 5.39 Å². The number of rotatable bonds is 4. The lowest BCUT2D eigenvalue weighted by atomic mass is 10.2. The van der Waals surface area contributed by atoms with Gasteiger partial charge in [0.05, 0.1) is 15.8 Å². The lowest BCUT2D eigenvalue weighted by Gasteiger charge is -2.06. The molecule has 2 aromatic rings. The maximum atomic E-state index is 10.8. The van der Waals surface area contributed by atoms with Crippen molar-refractivity contribution in [3.8, 4) is 0 Å². The van der Waals surface area contributed by atoms with Crippen molar-refractivity contribution in [3.63, 3.8) is 0 Å². The number of fused-ring (bicyclic) bond motifs is 1. The fourth-order valence-electron chi connectivity index (χ4n) is 1.48. The Hall–Kier alpha value is -1.35. The van der Waals surface area contributed by atoms with Gasteiger partial charge in [-0.2, -0.15) is 0 Å². The molecule has 0 bridgehead atoms. The molecule has 2 rings (SSSR count). The Kier molecular flexibility index (Phi) is 3.57. The van der Waals surface area contributed by atoms with Crippen LogP contribution in [0.25, 0.3) is 10.9 Å². The Balaban J connectivity index is 2.28. The summed E-state index contributed by atoms with van der Waals surface area (Å²) in [5.41, 5.74) is 0.980. The quantitative estimate of drug-likeness (QED) is 0.597. The summed E-state index contributed by atoms with van der Waals surface area (Å²) in [7, 11) is 0. The van der Waals surface area contributed by atoms with Crippen LogP contribution in [0.5, 0.6) is 0 Å². The summed E-state index contributed by atoms with van der Waals surface area (Å²) in [6.07, 6.45) is 1.82. The fraction of sp³-hybridized carbons (Fsp3) is 0.231. The maximum absolute atomic E-state index is 10.8. The van der Waals surface area contributed by atoms with Crippen molar-refractivity contribution >= 4 is 29.0 Å². The number of hydrogen-bond acceptors (Lipinski definition) is 3. The van der Waals surface area contributed by atoms with Crippen molar-refractivity contribution in [3.05, 3.63) is 36.4 Å². The van der Waals surface area contributed by atoms with Crippen LogP contribution < -0.4 is 0 Å². The van der Waals surface area contributed by atoms with Gasteiger partial charge in [-0.1, -0.05) is 43.0 Å². The monoisotopic (exact) mass is 231 g/mol. The standard InChI is InChI=1S/C13H13NOS/c1-2-11(9-15)16-13-8-7-10-5-3-4-6-12(10)14-13/h3-9,11H,2H2,1H3. The van der Waals surface area contributed by atoms with Crippen molar-refractivity contribution in [2.45, 2.75) is 23.6 Å². The van der Waals surface area contributed by atoms with Crippen molar-refractivity contribution in [1.29, 1.82) is 0 Å². The molecule has 0 fully saturated rings. The summed E-state index contributed by atoms with van der Waals surface area (Å²) in [6, 6.07) is 12.0. The average molecular weight is 231 g/mol. The van der Waals surface area contributed by atoms with E-state index in [9.17, 15) is 4.79 Å². The highest BCUT2D eigenvalue weighted by atomic mass is 32.2. The first-order valence-corrected chi connectivity index (χ1v) is 6.19. The van der Waals surface area contributed by atoms with Crippen LogP contribution >= 0.6 is 11.8 Å².